The minimum absolute atomic E-state index is 0.117. The molecule has 2 N–H and O–H groups in total. The SMILES string of the molecule is O=C(Cc1ccccc1)Nc1cnn(-c2cccc(C(=O)Nc3ccc(N4CCOCC4)cc3)c2)c1. The molecule has 182 valence electrons. The molecule has 0 spiro atoms. The molecular formula is C28H27N5O3. The molecule has 3 aromatic carbocycles. The van der Waals surface area contributed by atoms with Gasteiger partial charge in [-0.05, 0) is 48.0 Å². The molecule has 0 saturated carbocycles. The Morgan fingerprint density at radius 2 is 1.61 bits per heavy atom. The van der Waals surface area contributed by atoms with Gasteiger partial charge in [0.05, 0.1) is 43.4 Å². The first-order valence-electron chi connectivity index (χ1n) is 11.9. The minimum atomic E-state index is -0.209. The largest absolute Gasteiger partial charge is 0.378 e. The second-order valence-electron chi connectivity index (χ2n) is 8.53. The van der Waals surface area contributed by atoms with Crippen molar-refractivity contribution in [3.8, 4) is 5.69 Å². The number of anilines is 3. The van der Waals surface area contributed by atoms with Crippen molar-refractivity contribution in [2.75, 3.05) is 41.8 Å². The van der Waals surface area contributed by atoms with Gasteiger partial charge in [0.15, 0.2) is 0 Å². The summed E-state index contributed by atoms with van der Waals surface area (Å²) < 4.78 is 7.04. The van der Waals surface area contributed by atoms with Gasteiger partial charge in [-0.3, -0.25) is 9.59 Å². The molecule has 5 rings (SSSR count). The van der Waals surface area contributed by atoms with Gasteiger partial charge in [-0.15, -0.1) is 0 Å². The lowest BCUT2D eigenvalue weighted by atomic mass is 10.1. The second kappa shape index (κ2) is 10.9. The molecule has 2 heterocycles. The highest BCUT2D eigenvalue weighted by molar-refractivity contribution is 6.04. The number of nitrogens with one attached hydrogen (secondary N) is 2. The van der Waals surface area contributed by atoms with Crippen molar-refractivity contribution >= 4 is 28.9 Å². The normalized spacial score (nSPS) is 13.3. The summed E-state index contributed by atoms with van der Waals surface area (Å²) in [5.41, 5.74) is 4.60. The Morgan fingerprint density at radius 1 is 0.833 bits per heavy atom. The Balaban J connectivity index is 1.21. The van der Waals surface area contributed by atoms with Crippen LogP contribution in [0.4, 0.5) is 17.1 Å². The summed E-state index contributed by atoms with van der Waals surface area (Å²) >= 11 is 0. The summed E-state index contributed by atoms with van der Waals surface area (Å²) in [5, 5.41) is 10.2. The van der Waals surface area contributed by atoms with Crippen LogP contribution in [0.25, 0.3) is 5.69 Å². The maximum Gasteiger partial charge on any atom is 0.255 e. The lowest BCUT2D eigenvalue weighted by Crippen LogP contribution is -2.36. The van der Waals surface area contributed by atoms with E-state index < -0.39 is 0 Å². The van der Waals surface area contributed by atoms with E-state index in [4.69, 9.17) is 4.74 Å². The van der Waals surface area contributed by atoms with E-state index in [-0.39, 0.29) is 18.2 Å². The molecule has 0 bridgehead atoms. The monoisotopic (exact) mass is 481 g/mol. The first-order valence-corrected chi connectivity index (χ1v) is 11.9. The lowest BCUT2D eigenvalue weighted by Gasteiger charge is -2.28. The molecule has 1 saturated heterocycles. The zero-order valence-corrected chi connectivity index (χ0v) is 19.8. The minimum Gasteiger partial charge on any atom is -0.378 e. The Hall–Kier alpha value is -4.43. The Morgan fingerprint density at radius 3 is 2.39 bits per heavy atom. The Bertz CT molecular complexity index is 1330. The van der Waals surface area contributed by atoms with Crippen molar-refractivity contribution in [1.29, 1.82) is 0 Å². The van der Waals surface area contributed by atoms with Crippen LogP contribution in [-0.2, 0) is 16.0 Å². The Kier molecular flexibility index (Phi) is 7.05. The van der Waals surface area contributed by atoms with E-state index in [1.807, 2.05) is 60.7 Å². The quantitative estimate of drug-likeness (QED) is 0.414. The summed E-state index contributed by atoms with van der Waals surface area (Å²) in [7, 11) is 0. The third-order valence-electron chi connectivity index (χ3n) is 5.95. The summed E-state index contributed by atoms with van der Waals surface area (Å²) in [6.45, 7) is 3.19. The van der Waals surface area contributed by atoms with E-state index in [1.54, 1.807) is 35.3 Å². The van der Waals surface area contributed by atoms with Crippen molar-refractivity contribution < 1.29 is 14.3 Å². The number of ether oxygens (including phenoxy) is 1. The summed E-state index contributed by atoms with van der Waals surface area (Å²) in [6.07, 6.45) is 3.60. The number of hydrogen-bond donors (Lipinski definition) is 2. The highest BCUT2D eigenvalue weighted by Crippen LogP contribution is 2.20. The molecule has 2 amide bonds. The summed E-state index contributed by atoms with van der Waals surface area (Å²) in [6, 6.07) is 24.6. The number of rotatable bonds is 7. The van der Waals surface area contributed by atoms with Crippen molar-refractivity contribution in [1.82, 2.24) is 9.78 Å². The topological polar surface area (TPSA) is 88.5 Å². The zero-order valence-electron chi connectivity index (χ0n) is 19.8. The van der Waals surface area contributed by atoms with Gasteiger partial charge >= 0.3 is 0 Å². The fraction of sp³-hybridized carbons (Fsp3) is 0.179. The average Bonchev–Trinajstić information content (AvgIpc) is 3.38. The molecule has 0 aliphatic carbocycles. The van der Waals surface area contributed by atoms with Crippen LogP contribution in [-0.4, -0.2) is 47.9 Å². The molecule has 8 heteroatoms. The maximum atomic E-state index is 12.9. The maximum absolute atomic E-state index is 12.9. The van der Waals surface area contributed by atoms with Crippen LogP contribution in [0.5, 0.6) is 0 Å². The first kappa shape index (κ1) is 23.3. The molecule has 4 aromatic rings. The van der Waals surface area contributed by atoms with Gasteiger partial charge in [0.25, 0.3) is 5.91 Å². The van der Waals surface area contributed by atoms with Crippen molar-refractivity contribution in [2.45, 2.75) is 6.42 Å². The Labute approximate surface area is 209 Å². The fourth-order valence-electron chi connectivity index (χ4n) is 4.09. The molecule has 1 aliphatic heterocycles. The number of hydrogen-bond acceptors (Lipinski definition) is 5. The van der Waals surface area contributed by atoms with Crippen molar-refractivity contribution in [2.24, 2.45) is 0 Å². The van der Waals surface area contributed by atoms with Gasteiger partial charge in [0.1, 0.15) is 0 Å². The van der Waals surface area contributed by atoms with Crippen LogP contribution < -0.4 is 15.5 Å². The molecular weight excluding hydrogens is 454 g/mol. The zero-order chi connectivity index (χ0) is 24.7. The van der Waals surface area contributed by atoms with E-state index >= 15 is 0 Å². The van der Waals surface area contributed by atoms with Crippen LogP contribution in [0.2, 0.25) is 0 Å². The second-order valence-corrected chi connectivity index (χ2v) is 8.53. The van der Waals surface area contributed by atoms with Crippen LogP contribution in [0.3, 0.4) is 0 Å². The van der Waals surface area contributed by atoms with E-state index in [2.05, 4.69) is 20.6 Å². The number of carbonyl (C=O) groups excluding carboxylic acids is 2. The number of nitrogens with zero attached hydrogens (tertiary/aromatic N) is 3. The third kappa shape index (κ3) is 5.79. The van der Waals surface area contributed by atoms with Gasteiger partial charge in [-0.2, -0.15) is 5.10 Å². The standard InChI is InChI=1S/C28H27N5O3/c34-27(17-21-5-2-1-3-6-21)30-24-19-29-33(20-24)26-8-4-7-22(18-26)28(35)31-23-9-11-25(12-10-23)32-13-15-36-16-14-32/h1-12,18-20H,13-17H2,(H,30,34)(H,31,35). The predicted molar refractivity (Wildman–Crippen MR) is 140 cm³/mol. The van der Waals surface area contributed by atoms with Gasteiger partial charge in [0, 0.05) is 30.0 Å². The van der Waals surface area contributed by atoms with Crippen molar-refractivity contribution in [3.63, 3.8) is 0 Å². The van der Waals surface area contributed by atoms with Gasteiger partial charge < -0.3 is 20.3 Å². The van der Waals surface area contributed by atoms with E-state index in [1.165, 1.54) is 0 Å². The smallest absolute Gasteiger partial charge is 0.255 e. The van der Waals surface area contributed by atoms with Crippen LogP contribution in [0, 0.1) is 0 Å². The number of carbonyl (C=O) groups is 2. The average molecular weight is 482 g/mol. The van der Waals surface area contributed by atoms with Crippen LogP contribution >= 0.6 is 0 Å². The first-order chi connectivity index (χ1) is 17.6. The van der Waals surface area contributed by atoms with E-state index in [0.29, 0.717) is 16.9 Å². The third-order valence-corrected chi connectivity index (χ3v) is 5.95. The number of amides is 2. The highest BCUT2D eigenvalue weighted by Gasteiger charge is 2.13. The lowest BCUT2D eigenvalue weighted by molar-refractivity contribution is -0.115. The van der Waals surface area contributed by atoms with Crippen LogP contribution in [0.15, 0.2) is 91.3 Å². The number of aromatic nitrogens is 2. The van der Waals surface area contributed by atoms with Gasteiger partial charge in [-0.1, -0.05) is 36.4 Å². The molecule has 0 atom stereocenters. The molecule has 8 nitrogen and oxygen atoms in total. The summed E-state index contributed by atoms with van der Waals surface area (Å²) in [4.78, 5) is 27.5. The van der Waals surface area contributed by atoms with E-state index in [0.717, 1.165) is 43.2 Å². The molecule has 0 unspecified atom stereocenters. The predicted octanol–water partition coefficient (Wildman–Crippen LogP) is 4.14. The van der Waals surface area contributed by atoms with E-state index in [9.17, 15) is 9.59 Å². The molecule has 1 fully saturated rings. The van der Waals surface area contributed by atoms with Crippen LogP contribution in [0.1, 0.15) is 15.9 Å². The molecule has 1 aliphatic rings. The van der Waals surface area contributed by atoms with Gasteiger partial charge in [-0.25, -0.2) is 4.68 Å². The number of morpholine rings is 1. The molecule has 1 aromatic heterocycles. The van der Waals surface area contributed by atoms with Crippen molar-refractivity contribution in [3.05, 3.63) is 102 Å². The molecule has 36 heavy (non-hydrogen) atoms. The number of benzene rings is 3. The summed E-state index contributed by atoms with van der Waals surface area (Å²) in [5.74, 6) is -0.326. The highest BCUT2D eigenvalue weighted by atomic mass is 16.5. The van der Waals surface area contributed by atoms with Gasteiger partial charge in [0.2, 0.25) is 5.91 Å². The fourth-order valence-corrected chi connectivity index (χ4v) is 4.09. The molecule has 0 radical (unpaired) electrons.